The first-order valence-corrected chi connectivity index (χ1v) is 6.51. The second-order valence-electron chi connectivity index (χ2n) is 5.87. The van der Waals surface area contributed by atoms with Gasteiger partial charge in [0.2, 0.25) is 0 Å². The van der Waals surface area contributed by atoms with Gasteiger partial charge in [0.15, 0.2) is 0 Å². The minimum Gasteiger partial charge on any atom is -0.366 e. The summed E-state index contributed by atoms with van der Waals surface area (Å²) in [6, 6.07) is 0.543. The summed E-state index contributed by atoms with van der Waals surface area (Å²) in [5.41, 5.74) is 1.56. The average molecular weight is 236 g/mol. The summed E-state index contributed by atoms with van der Waals surface area (Å²) >= 11 is 0. The maximum atomic E-state index is 4.35. The van der Waals surface area contributed by atoms with Crippen LogP contribution in [0.1, 0.15) is 27.7 Å². The van der Waals surface area contributed by atoms with Gasteiger partial charge in [-0.1, -0.05) is 20.8 Å². The quantitative estimate of drug-likeness (QED) is 0.849. The number of hydrogen-bond acceptors (Lipinski definition) is 3. The molecule has 96 valence electrons. The molecule has 1 N–H and O–H groups in total. The van der Waals surface area contributed by atoms with E-state index in [0.29, 0.717) is 11.5 Å². The van der Waals surface area contributed by atoms with Crippen molar-refractivity contribution in [3.8, 4) is 0 Å². The van der Waals surface area contributed by atoms with Gasteiger partial charge in [-0.05, 0) is 12.3 Å². The molecular weight excluding hydrogens is 212 g/mol. The van der Waals surface area contributed by atoms with Crippen molar-refractivity contribution >= 4 is 5.69 Å². The SMILES string of the molecule is CCn1cc(N2CCNC(C(C)(C)C)C2)cn1. The lowest BCUT2D eigenvalue weighted by molar-refractivity contribution is 0.254. The first kappa shape index (κ1) is 12.4. The molecule has 1 aliphatic rings. The van der Waals surface area contributed by atoms with E-state index >= 15 is 0 Å². The highest BCUT2D eigenvalue weighted by Gasteiger charge is 2.29. The molecule has 0 spiro atoms. The Hall–Kier alpha value is -1.03. The molecule has 2 rings (SSSR count). The zero-order valence-electron chi connectivity index (χ0n) is 11.4. The minimum absolute atomic E-state index is 0.305. The molecule has 1 fully saturated rings. The number of nitrogens with one attached hydrogen (secondary N) is 1. The molecule has 0 aromatic carbocycles. The molecule has 1 saturated heterocycles. The molecule has 0 amide bonds. The Balaban J connectivity index is 2.06. The van der Waals surface area contributed by atoms with Gasteiger partial charge in [-0.2, -0.15) is 5.10 Å². The van der Waals surface area contributed by atoms with Crippen molar-refractivity contribution in [1.29, 1.82) is 0 Å². The van der Waals surface area contributed by atoms with E-state index < -0.39 is 0 Å². The number of piperazine rings is 1. The number of aromatic nitrogens is 2. The summed E-state index contributed by atoms with van der Waals surface area (Å²) < 4.78 is 1.99. The number of rotatable bonds is 2. The van der Waals surface area contributed by atoms with E-state index in [9.17, 15) is 0 Å². The molecule has 1 aliphatic heterocycles. The van der Waals surface area contributed by atoms with Gasteiger partial charge in [-0.3, -0.25) is 4.68 Å². The van der Waals surface area contributed by atoms with Crippen LogP contribution in [0.15, 0.2) is 12.4 Å². The first-order valence-electron chi connectivity index (χ1n) is 6.51. The number of anilines is 1. The Labute approximate surface area is 104 Å². The van der Waals surface area contributed by atoms with Crippen LogP contribution in [-0.2, 0) is 6.54 Å². The molecule has 0 saturated carbocycles. The molecule has 4 heteroatoms. The topological polar surface area (TPSA) is 33.1 Å². The summed E-state index contributed by atoms with van der Waals surface area (Å²) in [4.78, 5) is 2.44. The fourth-order valence-corrected chi connectivity index (χ4v) is 2.25. The number of aryl methyl sites for hydroxylation is 1. The van der Waals surface area contributed by atoms with E-state index in [4.69, 9.17) is 0 Å². The highest BCUT2D eigenvalue weighted by atomic mass is 15.3. The highest BCUT2D eigenvalue weighted by Crippen LogP contribution is 2.24. The van der Waals surface area contributed by atoms with Gasteiger partial charge >= 0.3 is 0 Å². The van der Waals surface area contributed by atoms with Crippen LogP contribution in [0.4, 0.5) is 5.69 Å². The molecule has 0 bridgehead atoms. The van der Waals surface area contributed by atoms with Gasteiger partial charge in [0, 0.05) is 38.4 Å². The van der Waals surface area contributed by atoms with Crippen LogP contribution in [0.5, 0.6) is 0 Å². The molecule has 2 heterocycles. The molecule has 1 unspecified atom stereocenters. The number of nitrogens with zero attached hydrogens (tertiary/aromatic N) is 3. The Morgan fingerprint density at radius 2 is 2.24 bits per heavy atom. The lowest BCUT2D eigenvalue weighted by Crippen LogP contribution is -2.55. The molecule has 0 radical (unpaired) electrons. The van der Waals surface area contributed by atoms with Crippen LogP contribution in [-0.4, -0.2) is 35.5 Å². The maximum Gasteiger partial charge on any atom is 0.0753 e. The zero-order valence-corrected chi connectivity index (χ0v) is 11.4. The predicted molar refractivity (Wildman–Crippen MR) is 71.4 cm³/mol. The van der Waals surface area contributed by atoms with Crippen LogP contribution in [0.25, 0.3) is 0 Å². The lowest BCUT2D eigenvalue weighted by atomic mass is 9.85. The molecular formula is C13H24N4. The fraction of sp³-hybridized carbons (Fsp3) is 0.769. The Morgan fingerprint density at radius 3 is 2.82 bits per heavy atom. The van der Waals surface area contributed by atoms with Crippen LogP contribution >= 0.6 is 0 Å². The lowest BCUT2D eigenvalue weighted by Gasteiger charge is -2.41. The van der Waals surface area contributed by atoms with E-state index in [1.807, 2.05) is 10.9 Å². The highest BCUT2D eigenvalue weighted by molar-refractivity contribution is 5.43. The Kier molecular flexibility index (Phi) is 3.43. The molecule has 4 nitrogen and oxygen atoms in total. The van der Waals surface area contributed by atoms with E-state index in [-0.39, 0.29) is 0 Å². The summed E-state index contributed by atoms with van der Waals surface area (Å²) in [7, 11) is 0. The van der Waals surface area contributed by atoms with Crippen molar-refractivity contribution < 1.29 is 0 Å². The van der Waals surface area contributed by atoms with E-state index in [0.717, 1.165) is 26.2 Å². The first-order chi connectivity index (χ1) is 8.00. The van der Waals surface area contributed by atoms with Crippen molar-refractivity contribution in [2.45, 2.75) is 40.3 Å². The Bertz CT molecular complexity index is 364. The van der Waals surface area contributed by atoms with E-state index in [1.165, 1.54) is 5.69 Å². The molecule has 17 heavy (non-hydrogen) atoms. The zero-order chi connectivity index (χ0) is 12.5. The van der Waals surface area contributed by atoms with Gasteiger partial charge in [0.1, 0.15) is 0 Å². The van der Waals surface area contributed by atoms with Crippen molar-refractivity contribution in [3.63, 3.8) is 0 Å². The van der Waals surface area contributed by atoms with Crippen LogP contribution in [0, 0.1) is 5.41 Å². The van der Waals surface area contributed by atoms with Crippen LogP contribution in [0.2, 0.25) is 0 Å². The Morgan fingerprint density at radius 1 is 1.47 bits per heavy atom. The fourth-order valence-electron chi connectivity index (χ4n) is 2.25. The van der Waals surface area contributed by atoms with Crippen molar-refractivity contribution in [2.24, 2.45) is 5.41 Å². The molecule has 1 aromatic rings. The van der Waals surface area contributed by atoms with Crippen LogP contribution in [0.3, 0.4) is 0 Å². The second-order valence-corrected chi connectivity index (χ2v) is 5.87. The van der Waals surface area contributed by atoms with Crippen molar-refractivity contribution in [2.75, 3.05) is 24.5 Å². The second kappa shape index (κ2) is 4.69. The van der Waals surface area contributed by atoms with Gasteiger partial charge in [-0.25, -0.2) is 0 Å². The van der Waals surface area contributed by atoms with E-state index in [1.54, 1.807) is 0 Å². The monoisotopic (exact) mass is 236 g/mol. The third kappa shape index (κ3) is 2.80. The summed E-state index contributed by atoms with van der Waals surface area (Å²) in [6.07, 6.45) is 4.12. The third-order valence-electron chi connectivity index (χ3n) is 3.53. The van der Waals surface area contributed by atoms with Gasteiger partial charge in [-0.15, -0.1) is 0 Å². The smallest absolute Gasteiger partial charge is 0.0753 e. The van der Waals surface area contributed by atoms with Crippen LogP contribution < -0.4 is 10.2 Å². The van der Waals surface area contributed by atoms with E-state index in [2.05, 4.69) is 49.2 Å². The normalized spacial score (nSPS) is 21.9. The van der Waals surface area contributed by atoms with Gasteiger partial charge < -0.3 is 10.2 Å². The third-order valence-corrected chi connectivity index (χ3v) is 3.53. The van der Waals surface area contributed by atoms with Gasteiger partial charge in [0.25, 0.3) is 0 Å². The van der Waals surface area contributed by atoms with Crippen molar-refractivity contribution in [1.82, 2.24) is 15.1 Å². The molecule has 1 aromatic heterocycles. The number of hydrogen-bond donors (Lipinski definition) is 1. The van der Waals surface area contributed by atoms with Crippen molar-refractivity contribution in [3.05, 3.63) is 12.4 Å². The van der Waals surface area contributed by atoms with Gasteiger partial charge in [0.05, 0.1) is 11.9 Å². The summed E-state index contributed by atoms with van der Waals surface area (Å²) in [6.45, 7) is 13.1. The average Bonchev–Trinajstić information content (AvgIpc) is 2.76. The summed E-state index contributed by atoms with van der Waals surface area (Å²) in [5.74, 6) is 0. The summed E-state index contributed by atoms with van der Waals surface area (Å²) in [5, 5.41) is 7.96. The standard InChI is InChI=1S/C13H24N4/c1-5-17-9-11(8-15-17)16-7-6-14-12(10-16)13(2,3)4/h8-9,12,14H,5-7,10H2,1-4H3. The largest absolute Gasteiger partial charge is 0.366 e. The maximum absolute atomic E-state index is 4.35. The molecule has 0 aliphatic carbocycles. The molecule has 1 atom stereocenters. The predicted octanol–water partition coefficient (Wildman–Crippen LogP) is 1.73. The minimum atomic E-state index is 0.305.